The quantitative estimate of drug-likeness (QED) is 0.189. The number of fused-ring (bicyclic) bond motifs is 4. The van der Waals surface area contributed by atoms with Gasteiger partial charge in [0.1, 0.15) is 0 Å². The molecule has 0 spiro atoms. The third kappa shape index (κ3) is 3.94. The zero-order valence-electron chi connectivity index (χ0n) is 25.4. The van der Waals surface area contributed by atoms with Crippen LogP contribution in [0.15, 0.2) is 170 Å². The first-order chi connectivity index (χ1) is 22.8. The minimum absolute atomic E-state index is 1.12. The molecule has 214 valence electrons. The first kappa shape index (κ1) is 26.4. The third-order valence-electron chi connectivity index (χ3n) is 9.58. The first-order valence-electron chi connectivity index (χ1n) is 15.9. The lowest BCUT2D eigenvalue weighted by atomic mass is 9.82. The maximum atomic E-state index is 3.98. The molecule has 0 aliphatic heterocycles. The lowest BCUT2D eigenvalue weighted by Crippen LogP contribution is -1.93. The number of rotatable bonds is 5. The van der Waals surface area contributed by atoms with E-state index in [1.54, 1.807) is 0 Å². The fourth-order valence-electron chi connectivity index (χ4n) is 7.60. The molecule has 0 heteroatoms. The molecule has 0 fully saturated rings. The Bertz CT molecular complexity index is 2340. The van der Waals surface area contributed by atoms with E-state index >= 15 is 0 Å². The van der Waals surface area contributed by atoms with E-state index in [1.165, 1.54) is 88.3 Å². The number of benzene rings is 8. The van der Waals surface area contributed by atoms with Gasteiger partial charge in [-0.25, -0.2) is 0 Å². The van der Waals surface area contributed by atoms with Gasteiger partial charge in [0.25, 0.3) is 0 Å². The second-order valence-electron chi connectivity index (χ2n) is 12.0. The summed E-state index contributed by atoms with van der Waals surface area (Å²) in [5.41, 5.74) is 16.4. The van der Waals surface area contributed by atoms with Crippen molar-refractivity contribution in [3.05, 3.63) is 176 Å². The minimum atomic E-state index is 1.12. The van der Waals surface area contributed by atoms with Gasteiger partial charge in [0.05, 0.1) is 0 Å². The summed E-state index contributed by atoms with van der Waals surface area (Å²) in [5, 5.41) is 5.18. The lowest BCUT2D eigenvalue weighted by Gasteiger charge is -2.20. The molecule has 46 heavy (non-hydrogen) atoms. The van der Waals surface area contributed by atoms with Crippen molar-refractivity contribution in [2.45, 2.75) is 0 Å². The van der Waals surface area contributed by atoms with Crippen LogP contribution < -0.4 is 0 Å². The third-order valence-corrected chi connectivity index (χ3v) is 9.58. The smallest absolute Gasteiger partial charge is 0.000740 e. The highest BCUT2D eigenvalue weighted by Gasteiger charge is 2.32. The van der Waals surface area contributed by atoms with Crippen molar-refractivity contribution < 1.29 is 0 Å². The summed E-state index contributed by atoms with van der Waals surface area (Å²) >= 11 is 0. The molecule has 0 aromatic heterocycles. The predicted octanol–water partition coefficient (Wildman–Crippen LogP) is 13.0. The molecule has 0 N–H and O–H groups in total. The highest BCUT2D eigenvalue weighted by molar-refractivity contribution is 6.30. The van der Waals surface area contributed by atoms with Gasteiger partial charge in [0, 0.05) is 0 Å². The van der Waals surface area contributed by atoms with Gasteiger partial charge in [-0.05, 0) is 93.9 Å². The highest BCUT2D eigenvalue weighted by atomic mass is 14.3. The molecular weight excluding hydrogens is 553 g/mol. The second kappa shape index (κ2) is 10.6. The first-order valence-corrected chi connectivity index (χ1v) is 15.9. The largest absolute Gasteiger partial charge is 0.0985 e. The Morgan fingerprint density at radius 1 is 0.304 bits per heavy atom. The molecule has 0 nitrogen and oxygen atoms in total. The predicted molar refractivity (Wildman–Crippen MR) is 198 cm³/mol. The van der Waals surface area contributed by atoms with E-state index < -0.39 is 0 Å². The monoisotopic (exact) mass is 582 g/mol. The van der Waals surface area contributed by atoms with Crippen LogP contribution >= 0.6 is 0 Å². The highest BCUT2D eigenvalue weighted by Crippen LogP contribution is 2.59. The van der Waals surface area contributed by atoms with Gasteiger partial charge >= 0.3 is 0 Å². The van der Waals surface area contributed by atoms with Crippen LogP contribution in [0.5, 0.6) is 0 Å². The Kier molecular flexibility index (Phi) is 6.08. The summed E-state index contributed by atoms with van der Waals surface area (Å²) in [7, 11) is 0. The van der Waals surface area contributed by atoms with Gasteiger partial charge < -0.3 is 0 Å². The van der Waals surface area contributed by atoms with Gasteiger partial charge in [-0.2, -0.15) is 0 Å². The second-order valence-corrected chi connectivity index (χ2v) is 12.0. The Balaban J connectivity index is 1.49. The molecule has 8 aromatic rings. The topological polar surface area (TPSA) is 0 Å². The van der Waals surface area contributed by atoms with Crippen LogP contribution in [0.3, 0.4) is 0 Å². The minimum Gasteiger partial charge on any atom is -0.0985 e. The van der Waals surface area contributed by atoms with Crippen molar-refractivity contribution >= 4 is 27.6 Å². The molecule has 0 saturated carbocycles. The Morgan fingerprint density at radius 3 is 1.13 bits per heavy atom. The van der Waals surface area contributed by atoms with Crippen molar-refractivity contribution in [3.8, 4) is 66.8 Å². The van der Waals surface area contributed by atoms with Gasteiger partial charge in [-0.3, -0.25) is 0 Å². The molecule has 8 aromatic carbocycles. The van der Waals surface area contributed by atoms with E-state index in [1.807, 2.05) is 6.08 Å². The number of hydrogen-bond donors (Lipinski definition) is 0. The van der Waals surface area contributed by atoms with Crippen LogP contribution in [0.1, 0.15) is 5.56 Å². The summed E-state index contributed by atoms with van der Waals surface area (Å²) < 4.78 is 0. The molecule has 1 aliphatic rings. The molecule has 1 aliphatic carbocycles. The van der Waals surface area contributed by atoms with E-state index in [-0.39, 0.29) is 0 Å². The van der Waals surface area contributed by atoms with Crippen LogP contribution in [-0.4, -0.2) is 0 Å². The molecule has 0 amide bonds. The SMILES string of the molecule is C=Cc1ccc(-c2ccc3c4c(ccc(-c5ccccc5)c24)-c2c-3c(-c3ccccc3)c3ccccc3c2-c2ccccc2)cc1. The molecule has 0 bridgehead atoms. The van der Waals surface area contributed by atoms with Crippen molar-refractivity contribution in [1.29, 1.82) is 0 Å². The molecule has 0 unspecified atom stereocenters. The van der Waals surface area contributed by atoms with Gasteiger partial charge in [0.2, 0.25) is 0 Å². The molecule has 0 radical (unpaired) electrons. The average molecular weight is 583 g/mol. The van der Waals surface area contributed by atoms with Crippen LogP contribution in [0.2, 0.25) is 0 Å². The number of hydrogen-bond acceptors (Lipinski definition) is 0. The summed E-state index contributed by atoms with van der Waals surface area (Å²) in [6.45, 7) is 3.98. The van der Waals surface area contributed by atoms with Crippen LogP contribution in [-0.2, 0) is 0 Å². The van der Waals surface area contributed by atoms with E-state index in [0.29, 0.717) is 0 Å². The molecule has 0 atom stereocenters. The maximum Gasteiger partial charge on any atom is -0.000740 e. The fourth-order valence-corrected chi connectivity index (χ4v) is 7.60. The summed E-state index contributed by atoms with van der Waals surface area (Å²) in [4.78, 5) is 0. The van der Waals surface area contributed by atoms with E-state index in [4.69, 9.17) is 0 Å². The Hall–Kier alpha value is -5.98. The summed E-state index contributed by atoms with van der Waals surface area (Å²) in [6.07, 6.45) is 1.91. The fraction of sp³-hybridized carbons (Fsp3) is 0. The zero-order valence-corrected chi connectivity index (χ0v) is 25.4. The Labute approximate surface area is 269 Å². The van der Waals surface area contributed by atoms with Crippen LogP contribution in [0.25, 0.3) is 94.4 Å². The standard InChI is InChI=1S/C46H30/c1-2-30-22-24-32(25-23-30)36-27-29-40-44-39(28-26-35(43(36)44)31-14-6-3-7-15-31)45-41(33-16-8-4-9-17-33)37-20-12-13-21-38(37)42(46(40)45)34-18-10-5-11-19-34/h2-29H,1H2. The Morgan fingerprint density at radius 2 is 0.674 bits per heavy atom. The van der Waals surface area contributed by atoms with E-state index in [9.17, 15) is 0 Å². The van der Waals surface area contributed by atoms with Crippen molar-refractivity contribution in [2.24, 2.45) is 0 Å². The van der Waals surface area contributed by atoms with E-state index in [2.05, 4.69) is 170 Å². The average Bonchev–Trinajstić information content (AvgIpc) is 3.46. The zero-order chi connectivity index (χ0) is 30.6. The van der Waals surface area contributed by atoms with Gasteiger partial charge in [0.15, 0.2) is 0 Å². The molecular formula is C46H30. The van der Waals surface area contributed by atoms with E-state index in [0.717, 1.165) is 5.56 Å². The summed E-state index contributed by atoms with van der Waals surface area (Å²) in [5.74, 6) is 0. The lowest BCUT2D eigenvalue weighted by molar-refractivity contribution is 1.62. The molecule has 9 rings (SSSR count). The van der Waals surface area contributed by atoms with Crippen LogP contribution in [0.4, 0.5) is 0 Å². The molecule has 0 heterocycles. The van der Waals surface area contributed by atoms with Gasteiger partial charge in [-0.1, -0.05) is 176 Å². The normalized spacial score (nSPS) is 11.6. The molecule has 0 saturated heterocycles. The van der Waals surface area contributed by atoms with Crippen molar-refractivity contribution in [1.82, 2.24) is 0 Å². The van der Waals surface area contributed by atoms with Crippen molar-refractivity contribution in [2.75, 3.05) is 0 Å². The maximum absolute atomic E-state index is 3.98. The van der Waals surface area contributed by atoms with Crippen molar-refractivity contribution in [3.63, 3.8) is 0 Å². The van der Waals surface area contributed by atoms with Gasteiger partial charge in [-0.15, -0.1) is 0 Å². The summed E-state index contributed by atoms with van der Waals surface area (Å²) in [6, 6.07) is 59.9. The van der Waals surface area contributed by atoms with Crippen LogP contribution in [0, 0.1) is 0 Å².